The molecule has 0 saturated carbocycles. The SMILES string of the molecule is CCOC(=O)CC(C)(O)C(=O)c1ccccc1. The third-order valence-electron chi connectivity index (χ3n) is 2.32. The van der Waals surface area contributed by atoms with Gasteiger partial charge in [0, 0.05) is 5.56 Å². The molecule has 0 aromatic heterocycles. The molecule has 1 atom stereocenters. The second-order valence-corrected chi connectivity index (χ2v) is 3.95. The van der Waals surface area contributed by atoms with Crippen LogP contribution in [0.4, 0.5) is 0 Å². The van der Waals surface area contributed by atoms with E-state index < -0.39 is 17.4 Å². The first kappa shape index (κ1) is 13.4. The van der Waals surface area contributed by atoms with E-state index in [2.05, 4.69) is 0 Å². The van der Waals surface area contributed by atoms with E-state index in [0.29, 0.717) is 5.56 Å². The van der Waals surface area contributed by atoms with Crippen molar-refractivity contribution in [1.82, 2.24) is 0 Å². The average Bonchev–Trinajstić information content (AvgIpc) is 2.28. The fourth-order valence-corrected chi connectivity index (χ4v) is 1.47. The molecule has 0 heterocycles. The van der Waals surface area contributed by atoms with Gasteiger partial charge in [0.25, 0.3) is 0 Å². The summed E-state index contributed by atoms with van der Waals surface area (Å²) in [6.45, 7) is 3.22. The van der Waals surface area contributed by atoms with Gasteiger partial charge < -0.3 is 9.84 Å². The van der Waals surface area contributed by atoms with Gasteiger partial charge in [0.2, 0.25) is 0 Å². The van der Waals surface area contributed by atoms with Gasteiger partial charge in [-0.05, 0) is 13.8 Å². The predicted molar refractivity (Wildman–Crippen MR) is 62.6 cm³/mol. The van der Waals surface area contributed by atoms with Crippen LogP contribution in [0.1, 0.15) is 30.6 Å². The fraction of sp³-hybridized carbons (Fsp3) is 0.385. The van der Waals surface area contributed by atoms with E-state index in [1.54, 1.807) is 37.3 Å². The van der Waals surface area contributed by atoms with E-state index in [9.17, 15) is 14.7 Å². The molecule has 0 fully saturated rings. The second-order valence-electron chi connectivity index (χ2n) is 3.95. The Labute approximate surface area is 100 Å². The number of ether oxygens (including phenoxy) is 1. The van der Waals surface area contributed by atoms with E-state index in [0.717, 1.165) is 0 Å². The van der Waals surface area contributed by atoms with Crippen LogP contribution in [0.25, 0.3) is 0 Å². The molecule has 1 aromatic carbocycles. The first-order valence-electron chi connectivity index (χ1n) is 5.45. The van der Waals surface area contributed by atoms with Crippen molar-refractivity contribution in [2.24, 2.45) is 0 Å². The first-order chi connectivity index (χ1) is 7.97. The van der Waals surface area contributed by atoms with E-state index in [-0.39, 0.29) is 13.0 Å². The molecule has 1 rings (SSSR count). The maximum absolute atomic E-state index is 11.9. The minimum Gasteiger partial charge on any atom is -0.466 e. The third kappa shape index (κ3) is 3.67. The number of ketones is 1. The molecule has 0 amide bonds. The smallest absolute Gasteiger partial charge is 0.309 e. The lowest BCUT2D eigenvalue weighted by atomic mass is 9.92. The summed E-state index contributed by atoms with van der Waals surface area (Å²) in [5.74, 6) is -1.06. The van der Waals surface area contributed by atoms with E-state index in [1.165, 1.54) is 6.92 Å². The number of carbonyl (C=O) groups is 2. The molecule has 4 nitrogen and oxygen atoms in total. The topological polar surface area (TPSA) is 63.6 Å². The van der Waals surface area contributed by atoms with Gasteiger partial charge in [0.1, 0.15) is 5.60 Å². The quantitative estimate of drug-likeness (QED) is 0.622. The number of hydrogen-bond donors (Lipinski definition) is 1. The van der Waals surface area contributed by atoms with Gasteiger partial charge in [-0.15, -0.1) is 0 Å². The Morgan fingerprint density at radius 2 is 1.88 bits per heavy atom. The Morgan fingerprint density at radius 1 is 1.29 bits per heavy atom. The summed E-state index contributed by atoms with van der Waals surface area (Å²) in [7, 11) is 0. The molecule has 0 saturated heterocycles. The van der Waals surface area contributed by atoms with Crippen LogP contribution in [0.15, 0.2) is 30.3 Å². The Bertz CT molecular complexity index is 395. The zero-order valence-electron chi connectivity index (χ0n) is 9.97. The summed E-state index contributed by atoms with van der Waals surface area (Å²) in [6.07, 6.45) is -0.339. The fourth-order valence-electron chi connectivity index (χ4n) is 1.47. The lowest BCUT2D eigenvalue weighted by Gasteiger charge is -2.20. The highest BCUT2D eigenvalue weighted by Gasteiger charge is 2.34. The normalized spacial score (nSPS) is 13.8. The Morgan fingerprint density at radius 3 is 2.41 bits per heavy atom. The lowest BCUT2D eigenvalue weighted by molar-refractivity contribution is -0.146. The van der Waals surface area contributed by atoms with Crippen molar-refractivity contribution in [3.8, 4) is 0 Å². The highest BCUT2D eigenvalue weighted by molar-refractivity contribution is 6.03. The van der Waals surface area contributed by atoms with Crippen LogP contribution in [0.3, 0.4) is 0 Å². The zero-order valence-corrected chi connectivity index (χ0v) is 9.97. The molecular formula is C13H16O4. The summed E-state index contributed by atoms with van der Waals surface area (Å²) in [5.41, 5.74) is -1.35. The van der Waals surface area contributed by atoms with Gasteiger partial charge in [-0.2, -0.15) is 0 Å². The van der Waals surface area contributed by atoms with Gasteiger partial charge >= 0.3 is 5.97 Å². The van der Waals surface area contributed by atoms with Crippen molar-refractivity contribution in [1.29, 1.82) is 0 Å². The molecule has 1 aromatic rings. The number of rotatable bonds is 5. The zero-order chi connectivity index (χ0) is 12.9. The van der Waals surface area contributed by atoms with E-state index in [1.807, 2.05) is 0 Å². The van der Waals surface area contributed by atoms with Crippen LogP contribution in [0.5, 0.6) is 0 Å². The van der Waals surface area contributed by atoms with Gasteiger partial charge in [-0.3, -0.25) is 9.59 Å². The number of hydrogen-bond acceptors (Lipinski definition) is 4. The number of Topliss-reactive ketones (excluding diaryl/α,β-unsaturated/α-hetero) is 1. The van der Waals surface area contributed by atoms with Crippen LogP contribution < -0.4 is 0 Å². The maximum Gasteiger partial charge on any atom is 0.309 e. The predicted octanol–water partition coefficient (Wildman–Crippen LogP) is 1.57. The second kappa shape index (κ2) is 5.59. The molecule has 4 heteroatoms. The van der Waals surface area contributed by atoms with Crippen LogP contribution in [-0.2, 0) is 9.53 Å². The molecule has 0 aliphatic rings. The van der Waals surface area contributed by atoms with Crippen molar-refractivity contribution in [2.75, 3.05) is 6.61 Å². The first-order valence-corrected chi connectivity index (χ1v) is 5.45. The Kier molecular flexibility index (Phi) is 4.40. The molecule has 1 N–H and O–H groups in total. The summed E-state index contributed by atoms with van der Waals surface area (Å²) in [5, 5.41) is 9.98. The molecule has 0 aliphatic carbocycles. The lowest BCUT2D eigenvalue weighted by Crippen LogP contribution is -2.38. The molecule has 1 unspecified atom stereocenters. The molecule has 17 heavy (non-hydrogen) atoms. The van der Waals surface area contributed by atoms with Crippen LogP contribution in [-0.4, -0.2) is 29.1 Å². The number of aliphatic hydroxyl groups is 1. The van der Waals surface area contributed by atoms with Gasteiger partial charge in [-0.1, -0.05) is 30.3 Å². The largest absolute Gasteiger partial charge is 0.466 e. The van der Waals surface area contributed by atoms with Crippen molar-refractivity contribution in [3.05, 3.63) is 35.9 Å². The molecular weight excluding hydrogens is 220 g/mol. The van der Waals surface area contributed by atoms with Crippen molar-refractivity contribution < 1.29 is 19.4 Å². The minimum absolute atomic E-state index is 0.231. The Balaban J connectivity index is 2.77. The molecule has 0 aliphatic heterocycles. The van der Waals surface area contributed by atoms with E-state index in [4.69, 9.17) is 4.74 Å². The Hall–Kier alpha value is -1.68. The van der Waals surface area contributed by atoms with Crippen molar-refractivity contribution >= 4 is 11.8 Å². The summed E-state index contributed by atoms with van der Waals surface area (Å²) in [6, 6.07) is 8.38. The van der Waals surface area contributed by atoms with Crippen LogP contribution >= 0.6 is 0 Å². The number of esters is 1. The maximum atomic E-state index is 11.9. The van der Waals surface area contributed by atoms with Gasteiger partial charge in [-0.25, -0.2) is 0 Å². The molecule has 92 valence electrons. The number of benzene rings is 1. The average molecular weight is 236 g/mol. The number of carbonyl (C=O) groups excluding carboxylic acids is 2. The summed E-state index contributed by atoms with van der Waals surface area (Å²) < 4.78 is 4.71. The minimum atomic E-state index is -1.73. The van der Waals surface area contributed by atoms with Crippen LogP contribution in [0.2, 0.25) is 0 Å². The summed E-state index contributed by atoms with van der Waals surface area (Å²) >= 11 is 0. The van der Waals surface area contributed by atoms with Crippen LogP contribution in [0, 0.1) is 0 Å². The van der Waals surface area contributed by atoms with Gasteiger partial charge in [0.15, 0.2) is 5.78 Å². The van der Waals surface area contributed by atoms with Crippen molar-refractivity contribution in [2.45, 2.75) is 25.9 Å². The standard InChI is InChI=1S/C13H16O4/c1-3-17-11(14)9-13(2,16)12(15)10-7-5-4-6-8-10/h4-8,16H,3,9H2,1-2H3. The summed E-state index contributed by atoms with van der Waals surface area (Å²) in [4.78, 5) is 23.2. The molecule has 0 radical (unpaired) electrons. The van der Waals surface area contributed by atoms with Gasteiger partial charge in [0.05, 0.1) is 13.0 Å². The monoisotopic (exact) mass is 236 g/mol. The van der Waals surface area contributed by atoms with Crippen molar-refractivity contribution in [3.63, 3.8) is 0 Å². The third-order valence-corrected chi connectivity index (χ3v) is 2.32. The highest BCUT2D eigenvalue weighted by atomic mass is 16.5. The molecule has 0 bridgehead atoms. The highest BCUT2D eigenvalue weighted by Crippen LogP contribution is 2.17. The molecule has 0 spiro atoms. The van der Waals surface area contributed by atoms with E-state index >= 15 is 0 Å².